The van der Waals surface area contributed by atoms with Crippen LogP contribution in [-0.4, -0.2) is 18.2 Å². The van der Waals surface area contributed by atoms with Crippen LogP contribution in [0.1, 0.15) is 24.8 Å². The van der Waals surface area contributed by atoms with Crippen LogP contribution in [0.25, 0.3) is 0 Å². The molecule has 0 radical (unpaired) electrons. The highest BCUT2D eigenvalue weighted by atomic mass is 16.5. The molecule has 0 aromatic heterocycles. The molecule has 6 rings (SSSR count). The van der Waals surface area contributed by atoms with Gasteiger partial charge in [0.05, 0.1) is 16.9 Å². The Morgan fingerprint density at radius 1 is 1.00 bits per heavy atom. The number of nitrogens with zero attached hydrogens (tertiary/aromatic N) is 1. The van der Waals surface area contributed by atoms with Gasteiger partial charge in [0, 0.05) is 23.7 Å². The molecule has 4 nitrogen and oxygen atoms in total. The van der Waals surface area contributed by atoms with E-state index in [0.29, 0.717) is 12.1 Å². The van der Waals surface area contributed by atoms with Crippen molar-refractivity contribution in [2.24, 2.45) is 11.8 Å². The van der Waals surface area contributed by atoms with Crippen molar-refractivity contribution in [3.63, 3.8) is 0 Å². The van der Waals surface area contributed by atoms with Gasteiger partial charge in [-0.3, -0.25) is 9.59 Å². The lowest BCUT2D eigenvalue weighted by Gasteiger charge is -2.37. The molecule has 2 fully saturated rings. The number of para-hydroxylation sites is 2. The van der Waals surface area contributed by atoms with E-state index in [9.17, 15) is 9.59 Å². The lowest BCUT2D eigenvalue weighted by molar-refractivity contribution is -0.128. The number of ketones is 1. The summed E-state index contributed by atoms with van der Waals surface area (Å²) < 4.78 is 6.31. The molecule has 4 heteroatoms. The fourth-order valence-electron chi connectivity index (χ4n) is 5.74. The molecule has 1 amide bonds. The monoisotopic (exact) mass is 357 g/mol. The third-order valence-corrected chi connectivity index (χ3v) is 6.83. The van der Waals surface area contributed by atoms with Crippen LogP contribution in [0.2, 0.25) is 0 Å². The molecule has 3 unspecified atom stereocenters. The quantitative estimate of drug-likeness (QED) is 0.783. The molecule has 0 N–H and O–H groups in total. The minimum atomic E-state index is -0.429. The Balaban J connectivity index is 1.58. The summed E-state index contributed by atoms with van der Waals surface area (Å²) in [5.74, 6) is 1.27. The van der Waals surface area contributed by atoms with Crippen LogP contribution >= 0.6 is 0 Å². The van der Waals surface area contributed by atoms with Gasteiger partial charge in [0.1, 0.15) is 17.3 Å². The average molecular weight is 357 g/mol. The van der Waals surface area contributed by atoms with Gasteiger partial charge in [0.25, 0.3) is 5.91 Å². The SMILES string of the molecule is O=C1C2CN(c3ccccc3)C(=O)C2=C2Oc3ccccc3C23CCCC13. The fraction of sp³-hybridized carbons (Fsp3) is 0.304. The van der Waals surface area contributed by atoms with E-state index in [4.69, 9.17) is 4.74 Å². The van der Waals surface area contributed by atoms with Crippen LogP contribution in [0.3, 0.4) is 0 Å². The molecular weight excluding hydrogens is 338 g/mol. The standard InChI is InChI=1S/C23H19NO3/c25-20-15-13-24(14-7-2-1-3-8-14)22(26)19(15)21-23(12-6-10-17(20)23)16-9-4-5-11-18(16)27-21/h1-5,7-9,11,15,17H,6,10,12-13H2. The number of ether oxygens (including phenoxy) is 1. The Hall–Kier alpha value is -2.88. The maximum atomic E-state index is 13.5. The van der Waals surface area contributed by atoms with Gasteiger partial charge in [-0.2, -0.15) is 0 Å². The number of amides is 1. The molecule has 2 aromatic carbocycles. The second kappa shape index (κ2) is 5.10. The molecule has 2 heterocycles. The highest BCUT2D eigenvalue weighted by Crippen LogP contribution is 2.62. The number of hydrogen-bond donors (Lipinski definition) is 0. The van der Waals surface area contributed by atoms with Gasteiger partial charge in [-0.15, -0.1) is 0 Å². The molecule has 4 aliphatic rings. The summed E-state index contributed by atoms with van der Waals surface area (Å²) in [4.78, 5) is 28.6. The second-order valence-corrected chi connectivity index (χ2v) is 7.96. The van der Waals surface area contributed by atoms with Gasteiger partial charge >= 0.3 is 0 Å². The lowest BCUT2D eigenvalue weighted by Crippen LogP contribution is -2.44. The minimum Gasteiger partial charge on any atom is -0.460 e. The zero-order chi connectivity index (χ0) is 18.2. The normalized spacial score (nSPS) is 30.7. The molecule has 0 bridgehead atoms. The number of rotatable bonds is 1. The number of fused-ring (bicyclic) bond motifs is 2. The fourth-order valence-corrected chi connectivity index (χ4v) is 5.74. The van der Waals surface area contributed by atoms with E-state index in [0.717, 1.165) is 42.0 Å². The molecule has 1 saturated carbocycles. The molecule has 2 aliphatic heterocycles. The third-order valence-electron chi connectivity index (χ3n) is 6.83. The van der Waals surface area contributed by atoms with Crippen molar-refractivity contribution in [1.29, 1.82) is 0 Å². The number of carbonyl (C=O) groups is 2. The smallest absolute Gasteiger partial charge is 0.258 e. The Labute approximate surface area is 157 Å². The van der Waals surface area contributed by atoms with E-state index >= 15 is 0 Å². The largest absolute Gasteiger partial charge is 0.460 e. The van der Waals surface area contributed by atoms with Gasteiger partial charge < -0.3 is 9.64 Å². The Kier molecular flexibility index (Phi) is 2.87. The van der Waals surface area contributed by atoms with Crippen LogP contribution < -0.4 is 9.64 Å². The summed E-state index contributed by atoms with van der Waals surface area (Å²) in [6.07, 6.45) is 2.75. The van der Waals surface area contributed by atoms with Crippen LogP contribution in [0.4, 0.5) is 5.69 Å². The van der Waals surface area contributed by atoms with Crippen LogP contribution in [0.5, 0.6) is 5.75 Å². The van der Waals surface area contributed by atoms with E-state index in [1.807, 2.05) is 48.5 Å². The molecule has 2 aromatic rings. The van der Waals surface area contributed by atoms with E-state index in [1.54, 1.807) is 4.90 Å². The summed E-state index contributed by atoms with van der Waals surface area (Å²) in [7, 11) is 0. The van der Waals surface area contributed by atoms with Gasteiger partial charge in [-0.25, -0.2) is 0 Å². The molecule has 2 aliphatic carbocycles. The van der Waals surface area contributed by atoms with E-state index < -0.39 is 5.41 Å². The molecule has 3 atom stereocenters. The first kappa shape index (κ1) is 15.2. The number of anilines is 1. The zero-order valence-electron chi connectivity index (χ0n) is 14.9. The van der Waals surface area contributed by atoms with Gasteiger partial charge in [-0.05, 0) is 31.0 Å². The molecule has 1 saturated heterocycles. The van der Waals surface area contributed by atoms with Gasteiger partial charge in [-0.1, -0.05) is 42.8 Å². The summed E-state index contributed by atoms with van der Waals surface area (Å²) in [5, 5.41) is 0. The molecule has 27 heavy (non-hydrogen) atoms. The summed E-state index contributed by atoms with van der Waals surface area (Å²) in [6, 6.07) is 17.6. The first-order chi connectivity index (χ1) is 13.2. The van der Waals surface area contributed by atoms with Gasteiger partial charge in [0.2, 0.25) is 0 Å². The molecular formula is C23H19NO3. The van der Waals surface area contributed by atoms with Crippen molar-refractivity contribution in [2.45, 2.75) is 24.7 Å². The van der Waals surface area contributed by atoms with E-state index in [1.165, 1.54) is 0 Å². The first-order valence-corrected chi connectivity index (χ1v) is 9.64. The third kappa shape index (κ3) is 1.73. The predicted octanol–water partition coefficient (Wildman–Crippen LogP) is 3.62. The number of Topliss-reactive ketones (excluding diaryl/α,β-unsaturated/α-hetero) is 1. The van der Waals surface area contributed by atoms with Gasteiger partial charge in [0.15, 0.2) is 0 Å². The van der Waals surface area contributed by atoms with Crippen LogP contribution in [0.15, 0.2) is 65.9 Å². The lowest BCUT2D eigenvalue weighted by atomic mass is 9.63. The summed E-state index contributed by atoms with van der Waals surface area (Å²) in [6.45, 7) is 0.423. The zero-order valence-corrected chi connectivity index (χ0v) is 14.9. The van der Waals surface area contributed by atoms with E-state index in [2.05, 4.69) is 6.07 Å². The summed E-state index contributed by atoms with van der Waals surface area (Å²) in [5.41, 5.74) is 2.10. The Bertz CT molecular complexity index is 1020. The van der Waals surface area contributed by atoms with Crippen molar-refractivity contribution >= 4 is 17.4 Å². The highest BCUT2D eigenvalue weighted by Gasteiger charge is 2.64. The Morgan fingerprint density at radius 3 is 2.63 bits per heavy atom. The van der Waals surface area contributed by atoms with Crippen LogP contribution in [-0.2, 0) is 15.0 Å². The first-order valence-electron chi connectivity index (χ1n) is 9.64. The average Bonchev–Trinajstić information content (AvgIpc) is 3.38. The number of carbonyl (C=O) groups excluding carboxylic acids is 2. The molecule has 1 spiro atoms. The highest BCUT2D eigenvalue weighted by molar-refractivity contribution is 6.15. The second-order valence-electron chi connectivity index (χ2n) is 7.96. The number of benzene rings is 2. The number of allylic oxidation sites excluding steroid dienone is 1. The Morgan fingerprint density at radius 2 is 1.78 bits per heavy atom. The molecule has 134 valence electrons. The van der Waals surface area contributed by atoms with E-state index in [-0.39, 0.29) is 23.5 Å². The predicted molar refractivity (Wildman–Crippen MR) is 100 cm³/mol. The van der Waals surface area contributed by atoms with Crippen LogP contribution in [0, 0.1) is 11.8 Å². The van der Waals surface area contributed by atoms with Crippen molar-refractivity contribution < 1.29 is 14.3 Å². The maximum Gasteiger partial charge on any atom is 0.258 e. The number of hydrogen-bond acceptors (Lipinski definition) is 3. The maximum absolute atomic E-state index is 13.5. The van der Waals surface area contributed by atoms with Crippen molar-refractivity contribution in [3.8, 4) is 5.75 Å². The van der Waals surface area contributed by atoms with Crippen molar-refractivity contribution in [1.82, 2.24) is 0 Å². The minimum absolute atomic E-state index is 0.0755. The van der Waals surface area contributed by atoms with Crippen molar-refractivity contribution in [3.05, 3.63) is 71.5 Å². The summed E-state index contributed by atoms with van der Waals surface area (Å²) >= 11 is 0. The van der Waals surface area contributed by atoms with Crippen molar-refractivity contribution in [2.75, 3.05) is 11.4 Å². The topological polar surface area (TPSA) is 46.6 Å².